The van der Waals surface area contributed by atoms with Crippen molar-refractivity contribution in [2.45, 2.75) is 31.7 Å². The number of pyridine rings is 1. The van der Waals surface area contributed by atoms with Crippen LogP contribution in [-0.4, -0.2) is 37.3 Å². The van der Waals surface area contributed by atoms with E-state index < -0.39 is 0 Å². The van der Waals surface area contributed by atoms with E-state index in [4.69, 9.17) is 16.0 Å². The molecule has 5 rings (SSSR count). The van der Waals surface area contributed by atoms with Crippen LogP contribution in [0.15, 0.2) is 71.8 Å². The Hall–Kier alpha value is -3.58. The van der Waals surface area contributed by atoms with E-state index in [-0.39, 0.29) is 11.9 Å². The van der Waals surface area contributed by atoms with Gasteiger partial charge in [0.05, 0.1) is 11.9 Å². The van der Waals surface area contributed by atoms with Gasteiger partial charge >= 0.3 is 0 Å². The second-order valence-electron chi connectivity index (χ2n) is 8.01. The van der Waals surface area contributed by atoms with Crippen LogP contribution in [0.4, 0.5) is 0 Å². The molecule has 8 heteroatoms. The summed E-state index contributed by atoms with van der Waals surface area (Å²) < 4.78 is 6.09. The van der Waals surface area contributed by atoms with Gasteiger partial charge < -0.3 is 9.32 Å². The van der Waals surface area contributed by atoms with Gasteiger partial charge in [-0.3, -0.25) is 4.79 Å². The maximum atomic E-state index is 13.4. The Kier molecular flexibility index (Phi) is 6.13. The van der Waals surface area contributed by atoms with Crippen molar-refractivity contribution in [3.8, 4) is 11.3 Å². The molecule has 1 aliphatic heterocycles. The highest BCUT2D eigenvalue weighted by Crippen LogP contribution is 2.32. The third kappa shape index (κ3) is 4.78. The molecule has 4 aromatic rings. The third-order valence-corrected chi connectivity index (χ3v) is 5.99. The van der Waals surface area contributed by atoms with Crippen molar-refractivity contribution in [3.05, 3.63) is 95.3 Å². The van der Waals surface area contributed by atoms with Crippen LogP contribution < -0.4 is 0 Å². The summed E-state index contributed by atoms with van der Waals surface area (Å²) in [6.07, 6.45) is 9.95. The van der Waals surface area contributed by atoms with Gasteiger partial charge in [0.2, 0.25) is 5.89 Å². The van der Waals surface area contributed by atoms with E-state index in [1.54, 1.807) is 24.7 Å². The van der Waals surface area contributed by atoms with E-state index in [9.17, 15) is 4.79 Å². The van der Waals surface area contributed by atoms with Crippen molar-refractivity contribution in [1.29, 1.82) is 0 Å². The maximum Gasteiger partial charge on any atom is 0.273 e. The van der Waals surface area contributed by atoms with Crippen LogP contribution >= 0.6 is 11.6 Å². The van der Waals surface area contributed by atoms with Gasteiger partial charge in [-0.05, 0) is 49.1 Å². The van der Waals surface area contributed by atoms with Gasteiger partial charge in [-0.2, -0.15) is 0 Å². The first kappa shape index (κ1) is 21.3. The summed E-state index contributed by atoms with van der Waals surface area (Å²) in [6, 6.07) is 12.9. The Morgan fingerprint density at radius 2 is 1.88 bits per heavy atom. The lowest BCUT2D eigenvalue weighted by atomic mass is 10.0. The first-order valence-electron chi connectivity index (χ1n) is 10.9. The van der Waals surface area contributed by atoms with E-state index in [1.807, 2.05) is 41.3 Å². The molecule has 0 saturated carbocycles. The second-order valence-corrected chi connectivity index (χ2v) is 8.45. The zero-order valence-corrected chi connectivity index (χ0v) is 18.7. The summed E-state index contributed by atoms with van der Waals surface area (Å²) in [5.74, 6) is 1.20. The molecule has 33 heavy (non-hydrogen) atoms. The van der Waals surface area contributed by atoms with Gasteiger partial charge in [0.25, 0.3) is 5.91 Å². The fraction of sp³-hybridized carbons (Fsp3) is 0.240. The predicted octanol–water partition coefficient (Wildman–Crippen LogP) is 5.14. The molecule has 3 aromatic heterocycles. The zero-order valence-electron chi connectivity index (χ0n) is 17.9. The fourth-order valence-electron chi connectivity index (χ4n) is 4.09. The van der Waals surface area contributed by atoms with Gasteiger partial charge in [-0.25, -0.2) is 19.9 Å². The number of hydrogen-bond acceptors (Lipinski definition) is 6. The number of halogens is 1. The maximum absolute atomic E-state index is 13.4. The highest BCUT2D eigenvalue weighted by atomic mass is 35.5. The molecule has 7 nitrogen and oxygen atoms in total. The number of hydrogen-bond donors (Lipinski definition) is 0. The number of aromatic nitrogens is 4. The number of benzene rings is 1. The Morgan fingerprint density at radius 3 is 2.70 bits per heavy atom. The van der Waals surface area contributed by atoms with E-state index in [1.165, 1.54) is 6.33 Å². The van der Waals surface area contributed by atoms with Crippen LogP contribution in [0.3, 0.4) is 0 Å². The van der Waals surface area contributed by atoms with Crippen molar-refractivity contribution in [2.24, 2.45) is 0 Å². The van der Waals surface area contributed by atoms with Crippen molar-refractivity contribution in [1.82, 2.24) is 24.8 Å². The second kappa shape index (κ2) is 9.50. The topological polar surface area (TPSA) is 85.0 Å². The van der Waals surface area contributed by atoms with Crippen LogP contribution in [0.1, 0.15) is 53.0 Å². The molecule has 4 heterocycles. The number of carbonyl (C=O) groups excluding carboxylic acids is 1. The number of nitrogens with zero attached hydrogens (tertiary/aromatic N) is 5. The minimum Gasteiger partial charge on any atom is -0.443 e. The third-order valence-electron chi connectivity index (χ3n) is 5.74. The molecule has 0 aliphatic carbocycles. The summed E-state index contributed by atoms with van der Waals surface area (Å²) in [5, 5.41) is 0.700. The lowest BCUT2D eigenvalue weighted by Crippen LogP contribution is -2.39. The Balaban J connectivity index is 1.37. The first-order valence-corrected chi connectivity index (χ1v) is 11.3. The molecule has 0 radical (unpaired) electrons. The van der Waals surface area contributed by atoms with E-state index >= 15 is 0 Å². The molecule has 1 unspecified atom stereocenters. The highest BCUT2D eigenvalue weighted by Gasteiger charge is 2.32. The van der Waals surface area contributed by atoms with Gasteiger partial charge in [0.1, 0.15) is 23.8 Å². The molecule has 0 bridgehead atoms. The molecule has 1 aromatic carbocycles. The SMILES string of the molecule is O=C(c1cccc(-c2cncnc2)n1)N1CCCCC1c1ncc(Cc2ccc(Cl)cc2)o1. The van der Waals surface area contributed by atoms with Gasteiger partial charge in [-0.1, -0.05) is 29.8 Å². The van der Waals surface area contributed by atoms with E-state index in [2.05, 4.69) is 19.9 Å². The minimum atomic E-state index is -0.212. The van der Waals surface area contributed by atoms with Crippen molar-refractivity contribution in [2.75, 3.05) is 6.54 Å². The Labute approximate surface area is 196 Å². The number of likely N-dealkylation sites (tertiary alicyclic amines) is 1. The van der Waals surface area contributed by atoms with Crippen LogP contribution in [0.25, 0.3) is 11.3 Å². The van der Waals surface area contributed by atoms with Gasteiger partial charge in [-0.15, -0.1) is 0 Å². The number of piperidine rings is 1. The Morgan fingerprint density at radius 1 is 1.06 bits per heavy atom. The average molecular weight is 460 g/mol. The molecular formula is C25H22ClN5O2. The molecule has 166 valence electrons. The normalized spacial score (nSPS) is 16.0. The first-order chi connectivity index (χ1) is 16.2. The summed E-state index contributed by atoms with van der Waals surface area (Å²) in [5.41, 5.74) is 2.90. The molecule has 1 saturated heterocycles. The van der Waals surface area contributed by atoms with Crippen molar-refractivity contribution in [3.63, 3.8) is 0 Å². The summed E-state index contributed by atoms with van der Waals surface area (Å²) >= 11 is 5.98. The van der Waals surface area contributed by atoms with Crippen LogP contribution in [-0.2, 0) is 6.42 Å². The lowest BCUT2D eigenvalue weighted by molar-refractivity contribution is 0.0564. The van der Waals surface area contributed by atoms with Crippen LogP contribution in [0.2, 0.25) is 5.02 Å². The quantitative estimate of drug-likeness (QED) is 0.411. The smallest absolute Gasteiger partial charge is 0.273 e. The number of rotatable bonds is 5. The van der Waals surface area contributed by atoms with E-state index in [0.29, 0.717) is 35.3 Å². The lowest BCUT2D eigenvalue weighted by Gasteiger charge is -2.33. The van der Waals surface area contributed by atoms with Gasteiger partial charge in [0, 0.05) is 35.9 Å². The zero-order chi connectivity index (χ0) is 22.6. The van der Waals surface area contributed by atoms with Crippen molar-refractivity contribution < 1.29 is 9.21 Å². The molecule has 0 N–H and O–H groups in total. The van der Waals surface area contributed by atoms with Crippen LogP contribution in [0, 0.1) is 0 Å². The predicted molar refractivity (Wildman–Crippen MR) is 124 cm³/mol. The summed E-state index contributed by atoms with van der Waals surface area (Å²) in [6.45, 7) is 0.638. The minimum absolute atomic E-state index is 0.129. The van der Waals surface area contributed by atoms with Gasteiger partial charge in [0.15, 0.2) is 0 Å². The molecule has 1 aliphatic rings. The van der Waals surface area contributed by atoms with Crippen molar-refractivity contribution >= 4 is 17.5 Å². The standard InChI is InChI=1S/C25H22ClN5O2/c26-19-9-7-17(8-10-19)12-20-15-29-24(33-20)23-6-1-2-11-31(23)25(32)22-5-3-4-21(30-22)18-13-27-16-28-14-18/h3-5,7-10,13-16,23H,1-2,6,11-12H2. The number of amides is 1. The molecule has 1 fully saturated rings. The fourth-order valence-corrected chi connectivity index (χ4v) is 4.21. The summed E-state index contributed by atoms with van der Waals surface area (Å²) in [4.78, 5) is 32.5. The molecule has 1 amide bonds. The average Bonchev–Trinajstić information content (AvgIpc) is 3.34. The number of carbonyl (C=O) groups is 1. The Bertz CT molecular complexity index is 1240. The monoisotopic (exact) mass is 459 g/mol. The molecule has 1 atom stereocenters. The summed E-state index contributed by atoms with van der Waals surface area (Å²) in [7, 11) is 0. The largest absolute Gasteiger partial charge is 0.443 e. The molecular weight excluding hydrogens is 438 g/mol. The van der Waals surface area contributed by atoms with E-state index in [0.717, 1.165) is 36.1 Å². The number of oxazole rings is 1. The highest BCUT2D eigenvalue weighted by molar-refractivity contribution is 6.30. The molecule has 0 spiro atoms. The van der Waals surface area contributed by atoms with Crippen LogP contribution in [0.5, 0.6) is 0 Å².